The van der Waals surface area contributed by atoms with Gasteiger partial charge in [-0.25, -0.2) is 4.39 Å². The van der Waals surface area contributed by atoms with Crippen molar-refractivity contribution in [2.75, 3.05) is 13.7 Å². The Hall–Kier alpha value is -1.09. The van der Waals surface area contributed by atoms with Crippen molar-refractivity contribution in [3.63, 3.8) is 0 Å². The summed E-state index contributed by atoms with van der Waals surface area (Å²) in [6.45, 7) is 9.28. The molecule has 0 saturated carbocycles. The lowest BCUT2D eigenvalue weighted by atomic mass is 9.78. The molecule has 0 radical (unpaired) electrons. The molecule has 0 amide bonds. The summed E-state index contributed by atoms with van der Waals surface area (Å²) in [5.74, 6) is 0.0507. The van der Waals surface area contributed by atoms with E-state index >= 15 is 0 Å². The third-order valence-corrected chi connectivity index (χ3v) is 3.63. The van der Waals surface area contributed by atoms with Crippen LogP contribution in [0.5, 0.6) is 5.75 Å². The number of hydrogen-bond donors (Lipinski definition) is 1. The minimum atomic E-state index is -0.257. The Labute approximate surface area is 110 Å². The predicted octanol–water partition coefficient (Wildman–Crippen LogP) is 3.92. The number of hydrogen-bond acceptors (Lipinski definition) is 2. The summed E-state index contributed by atoms with van der Waals surface area (Å²) in [5, 5.41) is 3.39. The fourth-order valence-corrected chi connectivity index (χ4v) is 2.12. The second-order valence-electron chi connectivity index (χ2n) is 5.20. The van der Waals surface area contributed by atoms with Crippen LogP contribution in [0.1, 0.15) is 45.7 Å². The van der Waals surface area contributed by atoms with Gasteiger partial charge in [-0.1, -0.05) is 39.8 Å². The van der Waals surface area contributed by atoms with Crippen molar-refractivity contribution in [1.82, 2.24) is 5.32 Å². The van der Waals surface area contributed by atoms with Crippen LogP contribution in [0.3, 0.4) is 0 Å². The highest BCUT2D eigenvalue weighted by Gasteiger charge is 2.31. The van der Waals surface area contributed by atoms with Crippen LogP contribution in [0.15, 0.2) is 18.2 Å². The van der Waals surface area contributed by atoms with Gasteiger partial charge >= 0.3 is 0 Å². The molecular weight excluding hydrogens is 229 g/mol. The maximum atomic E-state index is 14.3. The van der Waals surface area contributed by atoms with Gasteiger partial charge in [0.15, 0.2) is 11.6 Å². The van der Waals surface area contributed by atoms with Crippen molar-refractivity contribution in [2.45, 2.75) is 40.2 Å². The summed E-state index contributed by atoms with van der Waals surface area (Å²) in [6.07, 6.45) is 0.974. The first-order valence-corrected chi connectivity index (χ1v) is 6.53. The third-order valence-electron chi connectivity index (χ3n) is 3.63. The number of benzene rings is 1. The molecule has 1 atom stereocenters. The molecule has 0 aromatic heterocycles. The van der Waals surface area contributed by atoms with Crippen molar-refractivity contribution in [3.8, 4) is 5.75 Å². The van der Waals surface area contributed by atoms with E-state index in [1.807, 2.05) is 19.1 Å². The van der Waals surface area contributed by atoms with Gasteiger partial charge in [0, 0.05) is 11.6 Å². The average Bonchev–Trinajstić information content (AvgIpc) is 2.36. The summed E-state index contributed by atoms with van der Waals surface area (Å²) in [5.41, 5.74) is 0.673. The van der Waals surface area contributed by atoms with Crippen LogP contribution in [-0.4, -0.2) is 13.7 Å². The minimum absolute atomic E-state index is 0.0107. The van der Waals surface area contributed by atoms with Crippen LogP contribution in [0.2, 0.25) is 0 Å². The van der Waals surface area contributed by atoms with Crippen LogP contribution < -0.4 is 10.1 Å². The largest absolute Gasteiger partial charge is 0.494 e. The van der Waals surface area contributed by atoms with Crippen molar-refractivity contribution < 1.29 is 9.13 Å². The van der Waals surface area contributed by atoms with Crippen molar-refractivity contribution in [3.05, 3.63) is 29.6 Å². The fourth-order valence-electron chi connectivity index (χ4n) is 2.12. The monoisotopic (exact) mass is 253 g/mol. The summed E-state index contributed by atoms with van der Waals surface area (Å²) in [6, 6.07) is 5.32. The SMILES string of the molecule is CCNC(c1cccc(OC)c1F)C(C)(C)CC. The van der Waals surface area contributed by atoms with E-state index in [0.717, 1.165) is 13.0 Å². The number of methoxy groups -OCH3 is 1. The minimum Gasteiger partial charge on any atom is -0.494 e. The molecule has 18 heavy (non-hydrogen) atoms. The molecular formula is C15H24FNO. The van der Waals surface area contributed by atoms with E-state index in [1.54, 1.807) is 6.07 Å². The first-order chi connectivity index (χ1) is 8.47. The zero-order valence-corrected chi connectivity index (χ0v) is 12.0. The molecule has 0 aliphatic rings. The van der Waals surface area contributed by atoms with E-state index < -0.39 is 0 Å². The van der Waals surface area contributed by atoms with Crippen LogP contribution >= 0.6 is 0 Å². The molecule has 102 valence electrons. The average molecular weight is 253 g/mol. The topological polar surface area (TPSA) is 21.3 Å². The second-order valence-corrected chi connectivity index (χ2v) is 5.20. The van der Waals surface area contributed by atoms with Crippen molar-refractivity contribution >= 4 is 0 Å². The van der Waals surface area contributed by atoms with Gasteiger partial charge in [0.1, 0.15) is 0 Å². The molecule has 3 heteroatoms. The lowest BCUT2D eigenvalue weighted by Gasteiger charge is -2.35. The van der Waals surface area contributed by atoms with E-state index in [4.69, 9.17) is 4.74 Å². The van der Waals surface area contributed by atoms with Crippen LogP contribution in [0.25, 0.3) is 0 Å². The maximum absolute atomic E-state index is 14.3. The van der Waals surface area contributed by atoms with Gasteiger partial charge in [-0.3, -0.25) is 0 Å². The smallest absolute Gasteiger partial charge is 0.169 e. The molecule has 0 aliphatic heterocycles. The fraction of sp³-hybridized carbons (Fsp3) is 0.600. The van der Waals surface area contributed by atoms with E-state index in [1.165, 1.54) is 7.11 Å². The number of rotatable bonds is 6. The van der Waals surface area contributed by atoms with Gasteiger partial charge in [-0.2, -0.15) is 0 Å². The van der Waals surface area contributed by atoms with E-state index in [-0.39, 0.29) is 17.3 Å². The molecule has 0 saturated heterocycles. The second kappa shape index (κ2) is 6.19. The molecule has 1 aromatic rings. The van der Waals surface area contributed by atoms with Gasteiger partial charge in [0.25, 0.3) is 0 Å². The summed E-state index contributed by atoms with van der Waals surface area (Å²) in [4.78, 5) is 0. The van der Waals surface area contributed by atoms with Gasteiger partial charge in [0.2, 0.25) is 0 Å². The van der Waals surface area contributed by atoms with E-state index in [2.05, 4.69) is 26.1 Å². The Balaban J connectivity index is 3.22. The normalized spacial score (nSPS) is 13.4. The predicted molar refractivity (Wildman–Crippen MR) is 73.4 cm³/mol. The third kappa shape index (κ3) is 3.02. The molecule has 1 rings (SSSR count). The lowest BCUT2D eigenvalue weighted by molar-refractivity contribution is 0.230. The summed E-state index contributed by atoms with van der Waals surface area (Å²) >= 11 is 0. The Morgan fingerprint density at radius 1 is 1.33 bits per heavy atom. The molecule has 1 aromatic carbocycles. The first kappa shape index (κ1) is 15.0. The Kier molecular flexibility index (Phi) is 5.15. The first-order valence-electron chi connectivity index (χ1n) is 6.53. The van der Waals surface area contributed by atoms with Crippen molar-refractivity contribution in [2.24, 2.45) is 5.41 Å². The van der Waals surface area contributed by atoms with Gasteiger partial charge in [0.05, 0.1) is 7.11 Å². The van der Waals surface area contributed by atoms with Gasteiger partial charge in [-0.15, -0.1) is 0 Å². The van der Waals surface area contributed by atoms with Gasteiger partial charge < -0.3 is 10.1 Å². The molecule has 0 spiro atoms. The Bertz CT molecular complexity index is 390. The molecule has 0 fully saturated rings. The van der Waals surface area contributed by atoms with Crippen LogP contribution in [0.4, 0.5) is 4.39 Å². The summed E-state index contributed by atoms with van der Waals surface area (Å²) < 4.78 is 19.4. The molecule has 1 unspecified atom stereocenters. The number of nitrogens with one attached hydrogen (secondary N) is 1. The Morgan fingerprint density at radius 2 is 2.00 bits per heavy atom. The standard InChI is InChI=1S/C15H24FNO/c1-6-15(3,4)14(17-7-2)11-9-8-10-12(18-5)13(11)16/h8-10,14,17H,6-7H2,1-5H3. The molecule has 2 nitrogen and oxygen atoms in total. The highest BCUT2D eigenvalue weighted by atomic mass is 19.1. The number of ether oxygens (including phenoxy) is 1. The molecule has 0 bridgehead atoms. The van der Waals surface area contributed by atoms with E-state index in [9.17, 15) is 4.39 Å². The lowest BCUT2D eigenvalue weighted by Crippen LogP contribution is -2.34. The Morgan fingerprint density at radius 3 is 2.50 bits per heavy atom. The van der Waals surface area contributed by atoms with E-state index in [0.29, 0.717) is 11.3 Å². The van der Waals surface area contributed by atoms with Crippen LogP contribution in [-0.2, 0) is 0 Å². The highest BCUT2D eigenvalue weighted by molar-refractivity contribution is 5.34. The molecule has 0 aliphatic carbocycles. The molecule has 1 N–H and O–H groups in total. The zero-order valence-electron chi connectivity index (χ0n) is 12.0. The van der Waals surface area contributed by atoms with Crippen molar-refractivity contribution in [1.29, 1.82) is 0 Å². The maximum Gasteiger partial charge on any atom is 0.169 e. The molecule has 0 heterocycles. The summed E-state index contributed by atoms with van der Waals surface area (Å²) in [7, 11) is 1.50. The highest BCUT2D eigenvalue weighted by Crippen LogP contribution is 2.38. The van der Waals surface area contributed by atoms with Crippen LogP contribution in [0, 0.1) is 11.2 Å². The quantitative estimate of drug-likeness (QED) is 0.829. The number of halogens is 1. The van der Waals surface area contributed by atoms with Gasteiger partial charge in [-0.05, 0) is 24.4 Å². The zero-order chi connectivity index (χ0) is 13.8.